The highest BCUT2D eigenvalue weighted by molar-refractivity contribution is 5.76. The number of rotatable bonds is 82. The summed E-state index contributed by atoms with van der Waals surface area (Å²) < 4.78 is 5.49. The zero-order valence-corrected chi connectivity index (χ0v) is 64.0. The number of unbranched alkanes of at least 4 members (excludes halogenated alkanes) is 65. The smallest absolute Gasteiger partial charge is 0.305 e. The lowest BCUT2D eigenvalue weighted by Gasteiger charge is -2.22. The third-order valence-electron chi connectivity index (χ3n) is 20.4. The summed E-state index contributed by atoms with van der Waals surface area (Å²) in [5, 5.41) is 23.5. The standard InChI is InChI=1S/C88H169NO5/c1-3-5-7-9-11-13-15-17-18-19-20-21-22-38-41-44-47-50-53-57-60-64-68-72-76-80-86(91)85(84-90)89-87(92)81-77-73-69-65-61-58-54-51-48-45-42-39-36-34-32-30-28-26-24-23-25-27-29-31-33-35-37-40-43-46-49-52-55-59-63-67-71-75-79-83-94-88(93)82-78-74-70-66-62-56-16-14-12-10-8-6-4-2/h14,16,23-24,27,29,85-86,90-91H,3-13,15,17-22,25-26,28,30-84H2,1-2H3,(H,89,92)/b16-14-,24-23-,29-27-. The van der Waals surface area contributed by atoms with E-state index in [4.69, 9.17) is 4.74 Å². The highest BCUT2D eigenvalue weighted by Crippen LogP contribution is 2.21. The fourth-order valence-electron chi connectivity index (χ4n) is 13.8. The lowest BCUT2D eigenvalue weighted by Crippen LogP contribution is -2.45. The minimum atomic E-state index is -0.664. The molecule has 0 aromatic carbocycles. The largest absolute Gasteiger partial charge is 0.466 e. The van der Waals surface area contributed by atoms with Crippen molar-refractivity contribution in [3.63, 3.8) is 0 Å². The molecule has 0 bridgehead atoms. The van der Waals surface area contributed by atoms with Crippen LogP contribution in [0, 0.1) is 0 Å². The Bertz CT molecular complexity index is 1520. The van der Waals surface area contributed by atoms with Crippen LogP contribution in [0.3, 0.4) is 0 Å². The van der Waals surface area contributed by atoms with Crippen LogP contribution in [0.4, 0.5) is 0 Å². The molecule has 0 radical (unpaired) electrons. The fraction of sp³-hybridized carbons (Fsp3) is 0.909. The molecule has 0 aromatic heterocycles. The van der Waals surface area contributed by atoms with Crippen LogP contribution >= 0.6 is 0 Å². The predicted molar refractivity (Wildman–Crippen MR) is 416 cm³/mol. The number of ether oxygens (including phenoxy) is 1. The Morgan fingerprint density at radius 3 is 0.830 bits per heavy atom. The van der Waals surface area contributed by atoms with Gasteiger partial charge in [0.2, 0.25) is 5.91 Å². The molecule has 0 saturated heterocycles. The SMILES string of the molecule is CCCCCC/C=C\CCCCCCCC(=O)OCCCCCCCCCCCCCCCCC/C=C\C/C=C\CCCCCCCCCCCCCCCCCCCC(=O)NC(CO)C(O)CCCCCCCCCCCCCCCCCCCCCCCCCCC. The molecule has 0 heterocycles. The van der Waals surface area contributed by atoms with Gasteiger partial charge in [0.25, 0.3) is 0 Å². The number of allylic oxidation sites excluding steroid dienone is 6. The minimum absolute atomic E-state index is 0.0118. The molecule has 556 valence electrons. The summed E-state index contributed by atoms with van der Waals surface area (Å²) in [5.41, 5.74) is 0. The Kier molecular flexibility index (Phi) is 81.8. The number of esters is 1. The van der Waals surface area contributed by atoms with Crippen LogP contribution in [-0.4, -0.2) is 47.4 Å². The van der Waals surface area contributed by atoms with Gasteiger partial charge in [0, 0.05) is 12.8 Å². The third-order valence-corrected chi connectivity index (χ3v) is 20.4. The topological polar surface area (TPSA) is 95.9 Å². The van der Waals surface area contributed by atoms with Crippen molar-refractivity contribution in [2.24, 2.45) is 0 Å². The molecule has 0 rings (SSSR count). The predicted octanol–water partition coefficient (Wildman–Crippen LogP) is 28.9. The first-order valence-corrected chi connectivity index (χ1v) is 43.2. The second kappa shape index (κ2) is 83.5. The van der Waals surface area contributed by atoms with E-state index in [1.54, 1.807) is 0 Å². The summed E-state index contributed by atoms with van der Waals surface area (Å²) in [6.07, 6.45) is 110. The van der Waals surface area contributed by atoms with Crippen LogP contribution < -0.4 is 5.32 Å². The summed E-state index contributed by atoms with van der Waals surface area (Å²) in [5.74, 6) is -0.0139. The molecule has 2 unspecified atom stereocenters. The van der Waals surface area contributed by atoms with Crippen molar-refractivity contribution in [1.82, 2.24) is 5.32 Å². The molecule has 1 amide bonds. The number of aliphatic hydroxyl groups excluding tert-OH is 2. The first kappa shape index (κ1) is 92.1. The van der Waals surface area contributed by atoms with Gasteiger partial charge in [-0.15, -0.1) is 0 Å². The van der Waals surface area contributed by atoms with Gasteiger partial charge >= 0.3 is 5.97 Å². The Balaban J connectivity index is 3.36. The first-order chi connectivity index (χ1) is 46.5. The van der Waals surface area contributed by atoms with E-state index in [2.05, 4.69) is 55.6 Å². The van der Waals surface area contributed by atoms with Crippen molar-refractivity contribution < 1.29 is 24.5 Å². The molecular weight excluding hydrogens is 1150 g/mol. The molecule has 3 N–H and O–H groups in total. The van der Waals surface area contributed by atoms with Crippen LogP contribution in [0.5, 0.6) is 0 Å². The molecule has 94 heavy (non-hydrogen) atoms. The van der Waals surface area contributed by atoms with E-state index in [0.29, 0.717) is 25.9 Å². The van der Waals surface area contributed by atoms with Gasteiger partial charge in [-0.25, -0.2) is 0 Å². The average molecular weight is 1320 g/mol. The van der Waals surface area contributed by atoms with E-state index < -0.39 is 12.1 Å². The van der Waals surface area contributed by atoms with Gasteiger partial charge in [0.15, 0.2) is 0 Å². The number of carbonyl (C=O) groups is 2. The Hall–Kier alpha value is -1.92. The maximum atomic E-state index is 12.6. The van der Waals surface area contributed by atoms with Crippen molar-refractivity contribution in [2.45, 2.75) is 501 Å². The minimum Gasteiger partial charge on any atom is -0.466 e. The number of hydrogen-bond acceptors (Lipinski definition) is 5. The van der Waals surface area contributed by atoms with E-state index in [9.17, 15) is 19.8 Å². The van der Waals surface area contributed by atoms with Crippen molar-refractivity contribution in [1.29, 1.82) is 0 Å². The quantitative estimate of drug-likeness (QED) is 0.0320. The summed E-state index contributed by atoms with van der Waals surface area (Å²) in [6, 6.07) is -0.541. The molecule has 0 spiro atoms. The van der Waals surface area contributed by atoms with Crippen molar-refractivity contribution in [3.8, 4) is 0 Å². The molecule has 6 nitrogen and oxygen atoms in total. The molecule has 6 heteroatoms. The van der Waals surface area contributed by atoms with Gasteiger partial charge in [-0.05, 0) is 83.5 Å². The molecule has 0 saturated carbocycles. The van der Waals surface area contributed by atoms with Crippen LogP contribution in [0.1, 0.15) is 489 Å². The highest BCUT2D eigenvalue weighted by atomic mass is 16.5. The van der Waals surface area contributed by atoms with Gasteiger partial charge < -0.3 is 20.3 Å². The zero-order valence-electron chi connectivity index (χ0n) is 64.0. The highest BCUT2D eigenvalue weighted by Gasteiger charge is 2.20. The monoisotopic (exact) mass is 1320 g/mol. The Labute approximate surface area is 589 Å². The summed E-state index contributed by atoms with van der Waals surface area (Å²) >= 11 is 0. The molecular formula is C88H169NO5. The van der Waals surface area contributed by atoms with Crippen LogP contribution in [0.2, 0.25) is 0 Å². The summed E-state index contributed by atoms with van der Waals surface area (Å²) in [4.78, 5) is 24.6. The normalized spacial score (nSPS) is 12.6. The maximum Gasteiger partial charge on any atom is 0.305 e. The van der Waals surface area contributed by atoms with Crippen LogP contribution in [0.25, 0.3) is 0 Å². The average Bonchev–Trinajstić information content (AvgIpc) is 3.72. The van der Waals surface area contributed by atoms with Crippen molar-refractivity contribution >= 4 is 11.9 Å². The van der Waals surface area contributed by atoms with E-state index >= 15 is 0 Å². The van der Waals surface area contributed by atoms with E-state index in [-0.39, 0.29) is 18.5 Å². The lowest BCUT2D eigenvalue weighted by molar-refractivity contribution is -0.143. The van der Waals surface area contributed by atoms with E-state index in [0.717, 1.165) is 51.4 Å². The number of hydrogen-bond donors (Lipinski definition) is 3. The first-order valence-electron chi connectivity index (χ1n) is 43.2. The Morgan fingerprint density at radius 1 is 0.298 bits per heavy atom. The van der Waals surface area contributed by atoms with E-state index in [1.807, 2.05) is 0 Å². The van der Waals surface area contributed by atoms with Crippen LogP contribution in [0.15, 0.2) is 36.5 Å². The molecule has 0 aliphatic carbocycles. The number of nitrogens with one attached hydrogen (secondary N) is 1. The molecule has 2 atom stereocenters. The summed E-state index contributed by atoms with van der Waals surface area (Å²) in [7, 11) is 0. The fourth-order valence-corrected chi connectivity index (χ4v) is 13.8. The van der Waals surface area contributed by atoms with Gasteiger partial charge in [0.05, 0.1) is 25.4 Å². The van der Waals surface area contributed by atoms with Crippen molar-refractivity contribution in [3.05, 3.63) is 36.5 Å². The number of carbonyl (C=O) groups excluding carboxylic acids is 2. The van der Waals surface area contributed by atoms with Gasteiger partial charge in [-0.2, -0.15) is 0 Å². The Morgan fingerprint density at radius 2 is 0.532 bits per heavy atom. The van der Waals surface area contributed by atoms with Crippen molar-refractivity contribution in [2.75, 3.05) is 13.2 Å². The van der Waals surface area contributed by atoms with Gasteiger partial charge in [-0.1, -0.05) is 429 Å². The molecule has 0 fully saturated rings. The zero-order chi connectivity index (χ0) is 67.7. The lowest BCUT2D eigenvalue weighted by atomic mass is 10.0. The molecule has 0 aromatic rings. The van der Waals surface area contributed by atoms with Gasteiger partial charge in [-0.3, -0.25) is 9.59 Å². The molecule has 0 aliphatic rings. The molecule has 0 aliphatic heterocycles. The maximum absolute atomic E-state index is 12.6. The third kappa shape index (κ3) is 79.1. The second-order valence-corrected chi connectivity index (χ2v) is 29.9. The summed E-state index contributed by atoms with van der Waals surface area (Å²) in [6.45, 7) is 4.99. The van der Waals surface area contributed by atoms with Gasteiger partial charge in [0.1, 0.15) is 0 Å². The number of amides is 1. The van der Waals surface area contributed by atoms with E-state index in [1.165, 1.54) is 405 Å². The number of aliphatic hydroxyl groups is 2. The second-order valence-electron chi connectivity index (χ2n) is 29.9. The van der Waals surface area contributed by atoms with Crippen LogP contribution in [-0.2, 0) is 14.3 Å².